The summed E-state index contributed by atoms with van der Waals surface area (Å²) >= 11 is 18.5. The van der Waals surface area contributed by atoms with Gasteiger partial charge in [-0.15, -0.1) is 0 Å². The normalized spacial score (nSPS) is 12.0. The molecular weight excluding hydrogens is 605 g/mol. The highest BCUT2D eigenvalue weighted by molar-refractivity contribution is 7.92. The number of carbonyl (C=O) groups excluding carboxylic acids is 2. The third-order valence-electron chi connectivity index (χ3n) is 6.44. The number of anilines is 1. The summed E-state index contributed by atoms with van der Waals surface area (Å²) in [6.07, 6.45) is 2.40. The number of nitrogens with one attached hydrogen (secondary N) is 1. The van der Waals surface area contributed by atoms with Crippen LogP contribution in [0.15, 0.2) is 72.8 Å². The Hall–Kier alpha value is -2.78. The maximum absolute atomic E-state index is 13.8. The predicted molar refractivity (Wildman–Crippen MR) is 167 cm³/mol. The Labute approximate surface area is 257 Å². The zero-order valence-electron chi connectivity index (χ0n) is 23.0. The van der Waals surface area contributed by atoms with Crippen LogP contribution in [-0.4, -0.2) is 50.5 Å². The molecule has 220 valence electrons. The maximum atomic E-state index is 13.8. The van der Waals surface area contributed by atoms with Gasteiger partial charge in [-0.05, 0) is 60.4 Å². The van der Waals surface area contributed by atoms with Crippen molar-refractivity contribution in [3.05, 3.63) is 99.0 Å². The SMILES string of the molecule is CCCNC(=O)[C@H](Cc1ccccc1)N(Cc1ccc(Cl)cc1Cl)C(=O)CCCN(c1ccc(Cl)cc1)S(C)(=O)=O. The quantitative estimate of drug-likeness (QED) is 0.223. The molecule has 2 amide bonds. The third kappa shape index (κ3) is 9.92. The summed E-state index contributed by atoms with van der Waals surface area (Å²) < 4.78 is 26.3. The van der Waals surface area contributed by atoms with Gasteiger partial charge in [0.05, 0.1) is 11.9 Å². The first-order valence-electron chi connectivity index (χ1n) is 13.3. The molecule has 0 fully saturated rings. The predicted octanol–water partition coefficient (Wildman–Crippen LogP) is 6.36. The highest BCUT2D eigenvalue weighted by atomic mass is 35.5. The number of hydrogen-bond acceptors (Lipinski definition) is 4. The molecule has 0 saturated heterocycles. The van der Waals surface area contributed by atoms with Crippen molar-refractivity contribution in [1.82, 2.24) is 10.2 Å². The van der Waals surface area contributed by atoms with Crippen LogP contribution >= 0.6 is 34.8 Å². The molecule has 41 heavy (non-hydrogen) atoms. The smallest absolute Gasteiger partial charge is 0.243 e. The molecule has 1 atom stereocenters. The molecule has 0 aliphatic rings. The van der Waals surface area contributed by atoms with E-state index in [9.17, 15) is 18.0 Å². The van der Waals surface area contributed by atoms with E-state index in [0.717, 1.165) is 18.2 Å². The van der Waals surface area contributed by atoms with E-state index in [4.69, 9.17) is 34.8 Å². The number of amides is 2. The van der Waals surface area contributed by atoms with Crippen molar-refractivity contribution in [2.75, 3.05) is 23.7 Å². The Morgan fingerprint density at radius 3 is 2.20 bits per heavy atom. The van der Waals surface area contributed by atoms with Crippen molar-refractivity contribution in [2.24, 2.45) is 0 Å². The minimum atomic E-state index is -3.62. The van der Waals surface area contributed by atoms with Crippen LogP contribution in [-0.2, 0) is 32.6 Å². The average molecular weight is 639 g/mol. The van der Waals surface area contributed by atoms with E-state index in [-0.39, 0.29) is 37.7 Å². The maximum Gasteiger partial charge on any atom is 0.243 e. The monoisotopic (exact) mass is 637 g/mol. The first-order valence-corrected chi connectivity index (χ1v) is 16.3. The van der Waals surface area contributed by atoms with Crippen LogP contribution in [0.1, 0.15) is 37.3 Å². The average Bonchev–Trinajstić information content (AvgIpc) is 2.93. The minimum Gasteiger partial charge on any atom is -0.354 e. The van der Waals surface area contributed by atoms with Crippen molar-refractivity contribution >= 4 is 62.3 Å². The van der Waals surface area contributed by atoms with Gasteiger partial charge >= 0.3 is 0 Å². The fourth-order valence-corrected chi connectivity index (χ4v) is 5.92. The topological polar surface area (TPSA) is 86.8 Å². The summed E-state index contributed by atoms with van der Waals surface area (Å²) in [5.74, 6) is -0.568. The molecule has 3 aromatic rings. The second-order valence-electron chi connectivity index (χ2n) is 9.67. The molecule has 3 rings (SSSR count). The third-order valence-corrected chi connectivity index (χ3v) is 8.48. The lowest BCUT2D eigenvalue weighted by molar-refractivity contribution is -0.141. The van der Waals surface area contributed by atoms with E-state index in [2.05, 4.69) is 5.32 Å². The summed E-state index contributed by atoms with van der Waals surface area (Å²) in [6.45, 7) is 2.58. The second-order valence-corrected chi connectivity index (χ2v) is 12.9. The molecule has 0 heterocycles. The number of carbonyl (C=O) groups is 2. The molecule has 0 aromatic heterocycles. The Kier molecular flexibility index (Phi) is 12.3. The Morgan fingerprint density at radius 2 is 1.59 bits per heavy atom. The van der Waals surface area contributed by atoms with Crippen molar-refractivity contribution in [2.45, 2.75) is 45.2 Å². The highest BCUT2D eigenvalue weighted by Gasteiger charge is 2.31. The molecule has 7 nitrogen and oxygen atoms in total. The molecule has 0 unspecified atom stereocenters. The van der Waals surface area contributed by atoms with Crippen LogP contribution in [0.5, 0.6) is 0 Å². The molecule has 0 spiro atoms. The van der Waals surface area contributed by atoms with Crippen LogP contribution in [0.2, 0.25) is 15.1 Å². The lowest BCUT2D eigenvalue weighted by atomic mass is 10.0. The molecule has 0 aliphatic carbocycles. The first kappa shape index (κ1) is 32.7. The van der Waals surface area contributed by atoms with Gasteiger partial charge in [0, 0.05) is 47.5 Å². The first-order chi connectivity index (χ1) is 19.5. The summed E-state index contributed by atoms with van der Waals surface area (Å²) in [4.78, 5) is 28.8. The van der Waals surface area contributed by atoms with Crippen molar-refractivity contribution < 1.29 is 18.0 Å². The van der Waals surface area contributed by atoms with E-state index in [0.29, 0.717) is 39.3 Å². The van der Waals surface area contributed by atoms with Gasteiger partial charge in [0.15, 0.2) is 0 Å². The molecule has 1 N–H and O–H groups in total. The summed E-state index contributed by atoms with van der Waals surface area (Å²) in [7, 11) is -3.62. The van der Waals surface area contributed by atoms with Crippen LogP contribution < -0.4 is 9.62 Å². The van der Waals surface area contributed by atoms with Crippen LogP contribution in [0.3, 0.4) is 0 Å². The van der Waals surface area contributed by atoms with Gasteiger partial charge in [-0.3, -0.25) is 13.9 Å². The number of halogens is 3. The van der Waals surface area contributed by atoms with Crippen LogP contribution in [0.25, 0.3) is 0 Å². The van der Waals surface area contributed by atoms with Crippen molar-refractivity contribution in [1.29, 1.82) is 0 Å². The number of hydrogen-bond donors (Lipinski definition) is 1. The standard InChI is InChI=1S/C30H34Cl3N3O4S/c1-3-17-34-30(38)28(19-22-8-5-4-6-9-22)35(21-23-11-12-25(32)20-27(23)33)29(37)10-7-18-36(41(2,39)40)26-15-13-24(31)14-16-26/h4-6,8-9,11-16,20,28H,3,7,10,17-19,21H2,1-2H3,(H,34,38)/t28-/m0/s1. The number of sulfonamides is 1. The van der Waals surface area contributed by atoms with E-state index in [1.54, 1.807) is 42.5 Å². The Morgan fingerprint density at radius 1 is 0.927 bits per heavy atom. The van der Waals surface area contributed by atoms with Crippen molar-refractivity contribution in [3.63, 3.8) is 0 Å². The Balaban J connectivity index is 1.89. The van der Waals surface area contributed by atoms with E-state index in [1.807, 2.05) is 37.3 Å². The Bertz CT molecular complexity index is 1420. The second kappa shape index (κ2) is 15.4. The van der Waals surface area contributed by atoms with Gasteiger partial charge < -0.3 is 10.2 Å². The minimum absolute atomic E-state index is 0.0111. The summed E-state index contributed by atoms with van der Waals surface area (Å²) in [6, 6.07) is 20.1. The van der Waals surface area contributed by atoms with E-state index >= 15 is 0 Å². The fraction of sp³-hybridized carbons (Fsp3) is 0.333. The molecule has 3 aromatic carbocycles. The zero-order chi connectivity index (χ0) is 30.0. The van der Waals surface area contributed by atoms with Gasteiger partial charge in [-0.1, -0.05) is 78.1 Å². The molecule has 0 bridgehead atoms. The molecular formula is C30H34Cl3N3O4S. The number of nitrogens with zero attached hydrogens (tertiary/aromatic N) is 2. The van der Waals surface area contributed by atoms with Gasteiger partial charge in [0.1, 0.15) is 6.04 Å². The van der Waals surface area contributed by atoms with Crippen LogP contribution in [0, 0.1) is 0 Å². The van der Waals surface area contributed by atoms with Crippen molar-refractivity contribution in [3.8, 4) is 0 Å². The van der Waals surface area contributed by atoms with E-state index in [1.165, 1.54) is 9.21 Å². The summed E-state index contributed by atoms with van der Waals surface area (Å²) in [5, 5.41) is 4.26. The number of benzene rings is 3. The van der Waals surface area contributed by atoms with Crippen LogP contribution in [0.4, 0.5) is 5.69 Å². The number of rotatable bonds is 14. The van der Waals surface area contributed by atoms with E-state index < -0.39 is 16.1 Å². The largest absolute Gasteiger partial charge is 0.354 e. The highest BCUT2D eigenvalue weighted by Crippen LogP contribution is 2.25. The lowest BCUT2D eigenvalue weighted by Crippen LogP contribution is -2.50. The molecule has 0 saturated carbocycles. The zero-order valence-corrected chi connectivity index (χ0v) is 26.1. The summed E-state index contributed by atoms with van der Waals surface area (Å²) in [5.41, 5.74) is 2.00. The van der Waals surface area contributed by atoms with Gasteiger partial charge in [-0.2, -0.15) is 0 Å². The lowest BCUT2D eigenvalue weighted by Gasteiger charge is -2.32. The molecule has 11 heteroatoms. The molecule has 0 aliphatic heterocycles. The molecule has 0 radical (unpaired) electrons. The fourth-order valence-electron chi connectivity index (χ4n) is 4.36. The van der Waals surface area contributed by atoms with Gasteiger partial charge in [0.25, 0.3) is 0 Å². The van der Waals surface area contributed by atoms with Gasteiger partial charge in [0.2, 0.25) is 21.8 Å². The van der Waals surface area contributed by atoms with Gasteiger partial charge in [-0.25, -0.2) is 8.42 Å².